The van der Waals surface area contributed by atoms with E-state index in [-0.39, 0.29) is 17.6 Å². The van der Waals surface area contributed by atoms with Crippen molar-refractivity contribution in [2.75, 3.05) is 10.8 Å². The van der Waals surface area contributed by atoms with E-state index in [0.717, 1.165) is 31.2 Å². The first-order chi connectivity index (χ1) is 15.3. The number of hydrogen-bond donors (Lipinski definition) is 3. The summed E-state index contributed by atoms with van der Waals surface area (Å²) in [6.45, 7) is 4.64. The number of hydrogen-bond acceptors (Lipinski definition) is 4. The predicted molar refractivity (Wildman–Crippen MR) is 126 cm³/mol. The van der Waals surface area contributed by atoms with Gasteiger partial charge in [-0.25, -0.2) is 12.8 Å². The fourth-order valence-electron chi connectivity index (χ4n) is 4.11. The second-order valence-electron chi connectivity index (χ2n) is 8.81. The molecular weight excluding hydrogens is 429 g/mol. The van der Waals surface area contributed by atoms with Gasteiger partial charge in [0.25, 0.3) is 0 Å². The van der Waals surface area contributed by atoms with Crippen LogP contribution in [0.15, 0.2) is 40.8 Å². The summed E-state index contributed by atoms with van der Waals surface area (Å²) in [6.07, 6.45) is 3.68. The smallest absolute Gasteiger partial charge is 0.225 e. The lowest BCUT2D eigenvalue weighted by molar-refractivity contribution is 0.556. The number of nitrogens with one attached hydrogen (secondary N) is 1. The minimum Gasteiger partial charge on any atom is -0.455 e. The van der Waals surface area contributed by atoms with Crippen LogP contribution in [-0.2, 0) is 10.9 Å². The van der Waals surface area contributed by atoms with Crippen LogP contribution in [0.5, 0.6) is 0 Å². The number of halogens is 1. The third-order valence-corrected chi connectivity index (χ3v) is 6.67. The summed E-state index contributed by atoms with van der Waals surface area (Å²) in [4.78, 5) is 0. The van der Waals surface area contributed by atoms with Gasteiger partial charge in [-0.15, -0.1) is 0 Å². The molecule has 0 spiro atoms. The normalized spacial score (nSPS) is 13.9. The Kier molecular flexibility index (Phi) is 6.24. The van der Waals surface area contributed by atoms with Gasteiger partial charge in [-0.05, 0) is 73.4 Å². The van der Waals surface area contributed by atoms with Gasteiger partial charge in [0.1, 0.15) is 23.0 Å². The molecule has 3 N–H and O–H groups in total. The Balaban J connectivity index is 1.86. The van der Waals surface area contributed by atoms with E-state index in [1.165, 1.54) is 16.4 Å². The molecule has 1 heterocycles. The Hall–Kier alpha value is -2.87. The number of anilines is 1. The van der Waals surface area contributed by atoms with Crippen LogP contribution < -0.4 is 10.0 Å². The number of nitrogen functional groups attached to an aromatic ring is 1. The van der Waals surface area contributed by atoms with E-state index in [1.807, 2.05) is 6.07 Å². The molecule has 1 saturated carbocycles. The molecule has 0 amide bonds. The number of furan rings is 1. The molecule has 170 valence electrons. The third-order valence-electron chi connectivity index (χ3n) is 5.86. The first-order valence-corrected chi connectivity index (χ1v) is 12.0. The van der Waals surface area contributed by atoms with Crippen molar-refractivity contribution in [3.05, 3.63) is 53.3 Å². The molecule has 32 heavy (non-hydrogen) atoms. The molecule has 1 aliphatic rings. The monoisotopic (exact) mass is 457 g/mol. The van der Waals surface area contributed by atoms with Crippen LogP contribution in [0.2, 0.25) is 0 Å². The zero-order valence-electron chi connectivity index (χ0n) is 18.2. The molecule has 8 heteroatoms. The minimum absolute atomic E-state index is 0.152. The molecule has 0 bridgehead atoms. The van der Waals surface area contributed by atoms with Gasteiger partial charge in [-0.1, -0.05) is 13.8 Å². The maximum Gasteiger partial charge on any atom is 0.225 e. The molecular formula is C24H28FN3O3S. The lowest BCUT2D eigenvalue weighted by Gasteiger charge is -2.21. The summed E-state index contributed by atoms with van der Waals surface area (Å²) >= 11 is 0. The zero-order chi connectivity index (χ0) is 23.0. The second-order valence-corrected chi connectivity index (χ2v) is 9.76. The highest BCUT2D eigenvalue weighted by atomic mass is 32.2. The first kappa shape index (κ1) is 22.3. The molecule has 6 nitrogen and oxygen atoms in total. The molecule has 1 aliphatic carbocycles. The first-order valence-electron chi connectivity index (χ1n) is 10.9. The average molecular weight is 458 g/mol. The van der Waals surface area contributed by atoms with Gasteiger partial charge in [-0.3, -0.25) is 9.71 Å². The van der Waals surface area contributed by atoms with Crippen molar-refractivity contribution in [2.24, 2.45) is 11.7 Å². The van der Waals surface area contributed by atoms with Crippen LogP contribution in [-0.4, -0.2) is 20.8 Å². The number of amidine groups is 1. The van der Waals surface area contributed by atoms with E-state index in [9.17, 15) is 12.8 Å². The molecule has 0 atom stereocenters. The molecule has 3 aromatic rings. The third kappa shape index (κ3) is 4.50. The van der Waals surface area contributed by atoms with Gasteiger partial charge in [0.15, 0.2) is 0 Å². The maximum absolute atomic E-state index is 13.4. The van der Waals surface area contributed by atoms with E-state index in [0.29, 0.717) is 46.0 Å². The van der Waals surface area contributed by atoms with E-state index in [1.54, 1.807) is 18.2 Å². The van der Waals surface area contributed by atoms with Gasteiger partial charge in [0, 0.05) is 23.6 Å². The Morgan fingerprint density at radius 2 is 1.94 bits per heavy atom. The van der Waals surface area contributed by atoms with Crippen LogP contribution >= 0.6 is 0 Å². The van der Waals surface area contributed by atoms with Gasteiger partial charge in [0.2, 0.25) is 10.9 Å². The Morgan fingerprint density at radius 3 is 2.50 bits per heavy atom. The predicted octanol–water partition coefficient (Wildman–Crippen LogP) is 5.17. The number of rotatable bonds is 9. The molecule has 0 saturated heterocycles. The summed E-state index contributed by atoms with van der Waals surface area (Å²) in [5.41, 5.74) is 8.99. The lowest BCUT2D eigenvalue weighted by Crippen LogP contribution is -2.24. The topological polar surface area (TPSA) is 100 Å². The standard InChI is InChI=1S/C24H28FN3O3S/c1-14(2)4-3-11-28(32(29)30)20-13-21-19(12-18(20)15-5-6-15)22(24(26)27)23(31-21)16-7-9-17(25)10-8-16/h7-10,12-15,32H,3-6,11H2,1-2H3,(H3,26,27). The molecule has 1 aromatic heterocycles. The quantitative estimate of drug-likeness (QED) is 0.234. The maximum atomic E-state index is 13.4. The highest BCUT2D eigenvalue weighted by Crippen LogP contribution is 2.47. The fourth-order valence-corrected chi connectivity index (χ4v) is 4.76. The molecule has 0 radical (unpaired) electrons. The SMILES string of the molecule is CC(C)CCCN(c1cc2oc(-c3ccc(F)cc3)c(C(=N)N)c2cc1C1CC1)[SH](=O)=O. The largest absolute Gasteiger partial charge is 0.455 e. The van der Waals surface area contributed by atoms with Crippen molar-refractivity contribution in [1.29, 1.82) is 5.41 Å². The van der Waals surface area contributed by atoms with Crippen LogP contribution in [0.25, 0.3) is 22.3 Å². The average Bonchev–Trinajstić information content (AvgIpc) is 3.50. The minimum atomic E-state index is -2.82. The number of benzene rings is 2. The molecule has 0 aliphatic heterocycles. The van der Waals surface area contributed by atoms with Crippen LogP contribution in [0.1, 0.15) is 56.6 Å². The Morgan fingerprint density at radius 1 is 1.25 bits per heavy atom. The number of nitrogens with two attached hydrogens (primary N) is 1. The van der Waals surface area contributed by atoms with Crippen LogP contribution in [0.3, 0.4) is 0 Å². The summed E-state index contributed by atoms with van der Waals surface area (Å²) in [7, 11) is -2.82. The number of nitrogens with zero attached hydrogens (tertiary/aromatic N) is 1. The van der Waals surface area contributed by atoms with E-state index < -0.39 is 10.9 Å². The van der Waals surface area contributed by atoms with E-state index in [2.05, 4.69) is 13.8 Å². The fraction of sp³-hybridized carbons (Fsp3) is 0.375. The lowest BCUT2D eigenvalue weighted by atomic mass is 10.00. The van der Waals surface area contributed by atoms with Gasteiger partial charge < -0.3 is 10.2 Å². The van der Waals surface area contributed by atoms with Crippen molar-refractivity contribution in [3.8, 4) is 11.3 Å². The van der Waals surface area contributed by atoms with Crippen molar-refractivity contribution < 1.29 is 17.2 Å². The summed E-state index contributed by atoms with van der Waals surface area (Å²) in [5, 5.41) is 8.81. The van der Waals surface area contributed by atoms with Crippen molar-refractivity contribution >= 4 is 33.4 Å². The molecule has 0 unspecified atom stereocenters. The van der Waals surface area contributed by atoms with Crippen molar-refractivity contribution in [3.63, 3.8) is 0 Å². The zero-order valence-corrected chi connectivity index (χ0v) is 19.1. The Bertz CT molecular complexity index is 1220. The van der Waals surface area contributed by atoms with Gasteiger partial charge >= 0.3 is 0 Å². The number of fused-ring (bicyclic) bond motifs is 1. The number of thiol groups is 1. The summed E-state index contributed by atoms with van der Waals surface area (Å²) in [6, 6.07) is 9.48. The highest BCUT2D eigenvalue weighted by Gasteiger charge is 2.31. The highest BCUT2D eigenvalue weighted by molar-refractivity contribution is 7.74. The van der Waals surface area contributed by atoms with Crippen LogP contribution in [0.4, 0.5) is 10.1 Å². The van der Waals surface area contributed by atoms with Gasteiger partial charge in [-0.2, -0.15) is 0 Å². The molecule has 4 rings (SSSR count). The van der Waals surface area contributed by atoms with E-state index >= 15 is 0 Å². The second kappa shape index (κ2) is 8.94. The molecule has 1 fully saturated rings. The van der Waals surface area contributed by atoms with E-state index in [4.69, 9.17) is 15.6 Å². The van der Waals surface area contributed by atoms with Crippen molar-refractivity contribution in [1.82, 2.24) is 0 Å². The van der Waals surface area contributed by atoms with Crippen molar-refractivity contribution in [2.45, 2.75) is 45.4 Å². The summed E-state index contributed by atoms with van der Waals surface area (Å²) < 4.78 is 45.3. The summed E-state index contributed by atoms with van der Waals surface area (Å²) in [5.74, 6) is 0.628. The van der Waals surface area contributed by atoms with Gasteiger partial charge in [0.05, 0.1) is 11.3 Å². The molecule has 2 aromatic carbocycles. The van der Waals surface area contributed by atoms with Crippen LogP contribution in [0, 0.1) is 17.1 Å². The Labute approximate surface area is 188 Å².